The maximum absolute atomic E-state index is 12.9. The van der Waals surface area contributed by atoms with Gasteiger partial charge in [0.05, 0.1) is 16.3 Å². The van der Waals surface area contributed by atoms with Crippen LogP contribution in [-0.4, -0.2) is 16.0 Å². The van der Waals surface area contributed by atoms with Crippen LogP contribution in [0.3, 0.4) is 0 Å². The first-order chi connectivity index (χ1) is 11.9. The molecule has 0 radical (unpaired) electrons. The third kappa shape index (κ3) is 4.75. The highest BCUT2D eigenvalue weighted by Gasteiger charge is 2.31. The van der Waals surface area contributed by atoms with E-state index in [4.69, 9.17) is 11.6 Å². The zero-order chi connectivity index (χ0) is 17.9. The summed E-state index contributed by atoms with van der Waals surface area (Å²) < 4.78 is 38.6. The molecule has 0 bridgehead atoms. The van der Waals surface area contributed by atoms with E-state index in [0.717, 1.165) is 25.0 Å². The van der Waals surface area contributed by atoms with E-state index in [-0.39, 0.29) is 16.7 Å². The molecule has 1 aliphatic carbocycles. The lowest BCUT2D eigenvalue weighted by atomic mass is 9.95. The molecule has 1 fully saturated rings. The van der Waals surface area contributed by atoms with Crippen molar-refractivity contribution in [1.29, 1.82) is 0 Å². The topological polar surface area (TPSA) is 49.8 Å². The quantitative estimate of drug-likeness (QED) is 0.731. The fourth-order valence-corrected chi connectivity index (χ4v) is 3.04. The Hall–Kier alpha value is -2.02. The maximum atomic E-state index is 12.9. The molecule has 1 aromatic heterocycles. The number of halogens is 4. The number of hydrogen-bond donors (Lipinski definition) is 2. The molecule has 4 nitrogen and oxygen atoms in total. The minimum absolute atomic E-state index is 0.117. The number of alkyl halides is 3. The van der Waals surface area contributed by atoms with Gasteiger partial charge in [-0.1, -0.05) is 30.9 Å². The summed E-state index contributed by atoms with van der Waals surface area (Å²) in [5.74, 6) is 0.842. The lowest BCUT2D eigenvalue weighted by Crippen LogP contribution is -2.22. The van der Waals surface area contributed by atoms with Crippen LogP contribution in [0.4, 0.5) is 30.6 Å². The molecule has 0 amide bonds. The highest BCUT2D eigenvalue weighted by molar-refractivity contribution is 6.33. The Bertz CT molecular complexity index is 730. The normalized spacial score (nSPS) is 15.8. The van der Waals surface area contributed by atoms with E-state index in [0.29, 0.717) is 11.9 Å². The Morgan fingerprint density at radius 1 is 1.08 bits per heavy atom. The summed E-state index contributed by atoms with van der Waals surface area (Å²) in [4.78, 5) is 8.38. The standard InChI is InChI=1S/C17H18ClF3N4/c18-13-7-6-11(17(19,20)21)10-14(13)24-16-22-9-8-15(25-16)23-12-4-2-1-3-5-12/h6-10,12H,1-5H2,(H2,22,23,24,25). The molecule has 8 heteroatoms. The van der Waals surface area contributed by atoms with E-state index in [1.807, 2.05) is 0 Å². The van der Waals surface area contributed by atoms with E-state index in [1.54, 1.807) is 12.3 Å². The van der Waals surface area contributed by atoms with Gasteiger partial charge in [-0.25, -0.2) is 4.98 Å². The van der Waals surface area contributed by atoms with E-state index in [9.17, 15) is 13.2 Å². The predicted molar refractivity (Wildman–Crippen MR) is 92.3 cm³/mol. The summed E-state index contributed by atoms with van der Waals surface area (Å²) in [6.45, 7) is 0. The van der Waals surface area contributed by atoms with Gasteiger partial charge in [0.2, 0.25) is 5.95 Å². The highest BCUT2D eigenvalue weighted by atomic mass is 35.5. The number of rotatable bonds is 4. The molecule has 1 heterocycles. The number of benzene rings is 1. The Kier molecular flexibility index (Phi) is 5.32. The second-order valence-corrected chi connectivity index (χ2v) is 6.47. The van der Waals surface area contributed by atoms with Crippen molar-refractivity contribution in [1.82, 2.24) is 9.97 Å². The van der Waals surface area contributed by atoms with Crippen molar-refractivity contribution in [2.24, 2.45) is 0 Å². The van der Waals surface area contributed by atoms with E-state index in [2.05, 4.69) is 20.6 Å². The number of nitrogens with one attached hydrogen (secondary N) is 2. The molecule has 0 aliphatic heterocycles. The number of hydrogen-bond acceptors (Lipinski definition) is 4. The fourth-order valence-electron chi connectivity index (χ4n) is 2.87. The maximum Gasteiger partial charge on any atom is 0.416 e. The molecule has 0 unspecified atom stereocenters. The van der Waals surface area contributed by atoms with Crippen molar-refractivity contribution in [3.8, 4) is 0 Å². The minimum atomic E-state index is -4.44. The molecule has 2 aromatic rings. The average Bonchev–Trinajstić information content (AvgIpc) is 2.57. The molecule has 0 atom stereocenters. The first kappa shape index (κ1) is 17.8. The van der Waals surface area contributed by atoms with Gasteiger partial charge in [0.25, 0.3) is 0 Å². The Balaban J connectivity index is 1.75. The van der Waals surface area contributed by atoms with Crippen molar-refractivity contribution < 1.29 is 13.2 Å². The van der Waals surface area contributed by atoms with Crippen LogP contribution in [0.1, 0.15) is 37.7 Å². The number of nitrogens with zero attached hydrogens (tertiary/aromatic N) is 2. The first-order valence-corrected chi connectivity index (χ1v) is 8.53. The smallest absolute Gasteiger partial charge is 0.367 e. The Labute approximate surface area is 148 Å². The molecule has 134 valence electrons. The van der Waals surface area contributed by atoms with Crippen molar-refractivity contribution in [3.05, 3.63) is 41.0 Å². The second-order valence-electron chi connectivity index (χ2n) is 6.06. The third-order valence-corrected chi connectivity index (χ3v) is 4.48. The molecule has 0 spiro atoms. The van der Waals surface area contributed by atoms with Crippen LogP contribution in [0, 0.1) is 0 Å². The minimum Gasteiger partial charge on any atom is -0.367 e. The SMILES string of the molecule is FC(F)(F)c1ccc(Cl)c(Nc2nccc(NC3CCCCC3)n2)c1. The van der Waals surface area contributed by atoms with Gasteiger partial charge in [0.15, 0.2) is 0 Å². The summed E-state index contributed by atoms with van der Waals surface area (Å²) >= 11 is 5.99. The van der Waals surface area contributed by atoms with E-state index >= 15 is 0 Å². The van der Waals surface area contributed by atoms with Crippen LogP contribution < -0.4 is 10.6 Å². The lowest BCUT2D eigenvalue weighted by molar-refractivity contribution is -0.137. The lowest BCUT2D eigenvalue weighted by Gasteiger charge is -2.23. The van der Waals surface area contributed by atoms with Gasteiger partial charge in [-0.3, -0.25) is 0 Å². The summed E-state index contributed by atoms with van der Waals surface area (Å²) in [7, 11) is 0. The summed E-state index contributed by atoms with van der Waals surface area (Å²) in [6, 6.07) is 5.21. The van der Waals surface area contributed by atoms with Gasteiger partial charge >= 0.3 is 6.18 Å². The largest absolute Gasteiger partial charge is 0.416 e. The molecule has 1 aliphatic rings. The molecule has 0 saturated heterocycles. The molecule has 1 aromatic carbocycles. The molecule has 25 heavy (non-hydrogen) atoms. The summed E-state index contributed by atoms with van der Waals surface area (Å²) in [6.07, 6.45) is 2.93. The molecular formula is C17H18ClF3N4. The summed E-state index contributed by atoms with van der Waals surface area (Å²) in [5.41, 5.74) is -0.665. The van der Waals surface area contributed by atoms with Crippen LogP contribution in [0.25, 0.3) is 0 Å². The van der Waals surface area contributed by atoms with Crippen LogP contribution in [0.15, 0.2) is 30.5 Å². The van der Waals surface area contributed by atoms with Crippen LogP contribution >= 0.6 is 11.6 Å². The molecular weight excluding hydrogens is 353 g/mol. The van der Waals surface area contributed by atoms with Gasteiger partial charge < -0.3 is 10.6 Å². The van der Waals surface area contributed by atoms with Crippen LogP contribution in [-0.2, 0) is 6.18 Å². The Morgan fingerprint density at radius 2 is 1.84 bits per heavy atom. The number of aromatic nitrogens is 2. The predicted octanol–water partition coefficient (Wildman–Crippen LogP) is 5.64. The van der Waals surface area contributed by atoms with Gasteiger partial charge in [0, 0.05) is 12.2 Å². The van der Waals surface area contributed by atoms with Crippen molar-refractivity contribution >= 4 is 29.1 Å². The second kappa shape index (κ2) is 7.47. The zero-order valence-corrected chi connectivity index (χ0v) is 14.2. The van der Waals surface area contributed by atoms with Crippen LogP contribution in [0.2, 0.25) is 5.02 Å². The third-order valence-electron chi connectivity index (χ3n) is 4.15. The number of anilines is 3. The fraction of sp³-hybridized carbons (Fsp3) is 0.412. The first-order valence-electron chi connectivity index (χ1n) is 8.15. The van der Waals surface area contributed by atoms with Crippen molar-refractivity contribution in [2.75, 3.05) is 10.6 Å². The Morgan fingerprint density at radius 3 is 2.56 bits per heavy atom. The molecule has 2 N–H and O–H groups in total. The molecule has 1 saturated carbocycles. The molecule has 3 rings (SSSR count). The zero-order valence-electron chi connectivity index (χ0n) is 13.4. The van der Waals surface area contributed by atoms with E-state index < -0.39 is 11.7 Å². The van der Waals surface area contributed by atoms with E-state index in [1.165, 1.54) is 25.3 Å². The van der Waals surface area contributed by atoms with Crippen molar-refractivity contribution in [2.45, 2.75) is 44.3 Å². The van der Waals surface area contributed by atoms with Gasteiger partial charge in [-0.05, 0) is 37.1 Å². The monoisotopic (exact) mass is 370 g/mol. The van der Waals surface area contributed by atoms with Gasteiger partial charge in [-0.15, -0.1) is 0 Å². The van der Waals surface area contributed by atoms with Gasteiger partial charge in [0.1, 0.15) is 5.82 Å². The highest BCUT2D eigenvalue weighted by Crippen LogP contribution is 2.34. The average molecular weight is 371 g/mol. The summed E-state index contributed by atoms with van der Waals surface area (Å²) in [5, 5.41) is 6.29. The van der Waals surface area contributed by atoms with Gasteiger partial charge in [-0.2, -0.15) is 18.2 Å². The van der Waals surface area contributed by atoms with Crippen molar-refractivity contribution in [3.63, 3.8) is 0 Å². The van der Waals surface area contributed by atoms with Crippen LogP contribution in [0.5, 0.6) is 0 Å².